The van der Waals surface area contributed by atoms with Gasteiger partial charge in [0.25, 0.3) is 0 Å². The molecular formula is C21H35N. The molecule has 124 valence electrons. The fourth-order valence-corrected chi connectivity index (χ4v) is 4.96. The van der Waals surface area contributed by atoms with Crippen LogP contribution in [0.1, 0.15) is 90.9 Å². The summed E-state index contributed by atoms with van der Waals surface area (Å²) in [7, 11) is 0. The van der Waals surface area contributed by atoms with Gasteiger partial charge in [-0.1, -0.05) is 44.8 Å². The van der Waals surface area contributed by atoms with Gasteiger partial charge in [0.05, 0.1) is 11.5 Å². The lowest BCUT2D eigenvalue weighted by Crippen LogP contribution is -2.31. The second-order valence-electron chi connectivity index (χ2n) is 7.91. The third-order valence-electron chi connectivity index (χ3n) is 6.50. The fourth-order valence-electron chi connectivity index (χ4n) is 4.96. The van der Waals surface area contributed by atoms with Crippen LogP contribution in [-0.2, 0) is 0 Å². The number of hydrogen-bond acceptors (Lipinski definition) is 1. The van der Waals surface area contributed by atoms with Crippen LogP contribution >= 0.6 is 0 Å². The number of rotatable bonds is 6. The summed E-state index contributed by atoms with van der Waals surface area (Å²) in [6, 6.07) is 2.69. The molecule has 2 rings (SSSR count). The third-order valence-corrected chi connectivity index (χ3v) is 6.50. The van der Waals surface area contributed by atoms with Crippen LogP contribution in [0.4, 0.5) is 0 Å². The van der Waals surface area contributed by atoms with Crippen LogP contribution in [0.3, 0.4) is 0 Å². The van der Waals surface area contributed by atoms with Crippen molar-refractivity contribution in [1.82, 2.24) is 0 Å². The van der Waals surface area contributed by atoms with E-state index in [9.17, 15) is 5.26 Å². The molecule has 0 aliphatic heterocycles. The van der Waals surface area contributed by atoms with Crippen molar-refractivity contribution in [3.63, 3.8) is 0 Å². The smallest absolute Gasteiger partial charge is 0.0689 e. The molecule has 2 saturated carbocycles. The Morgan fingerprint density at radius 2 is 1.68 bits per heavy atom. The van der Waals surface area contributed by atoms with Gasteiger partial charge in [0, 0.05) is 0 Å². The van der Waals surface area contributed by atoms with Crippen molar-refractivity contribution >= 4 is 0 Å². The summed E-state index contributed by atoms with van der Waals surface area (Å²) in [5.41, 5.74) is -0.00454. The molecule has 1 heteroatoms. The van der Waals surface area contributed by atoms with E-state index in [1.807, 2.05) is 0 Å². The molecule has 0 aromatic heterocycles. The Morgan fingerprint density at radius 3 is 2.23 bits per heavy atom. The molecule has 0 radical (unpaired) electrons. The highest BCUT2D eigenvalue weighted by molar-refractivity contribution is 5.03. The van der Waals surface area contributed by atoms with Gasteiger partial charge in [-0.15, -0.1) is 0 Å². The molecular weight excluding hydrogens is 266 g/mol. The van der Waals surface area contributed by atoms with Crippen LogP contribution in [0.2, 0.25) is 0 Å². The average Bonchev–Trinajstić information content (AvgIpc) is 2.57. The molecule has 0 heterocycles. The fraction of sp³-hybridized carbons (Fsp3) is 0.857. The summed E-state index contributed by atoms with van der Waals surface area (Å²) in [4.78, 5) is 0. The summed E-state index contributed by atoms with van der Waals surface area (Å²) in [5, 5.41) is 9.66. The predicted octanol–water partition coefficient (Wildman–Crippen LogP) is 6.65. The van der Waals surface area contributed by atoms with Crippen LogP contribution in [0.5, 0.6) is 0 Å². The highest BCUT2D eigenvalue weighted by atomic mass is 14.4. The van der Waals surface area contributed by atoms with Gasteiger partial charge >= 0.3 is 0 Å². The summed E-state index contributed by atoms with van der Waals surface area (Å²) in [5.74, 6) is 2.91. The zero-order chi connectivity index (χ0) is 15.8. The van der Waals surface area contributed by atoms with Gasteiger partial charge < -0.3 is 0 Å². The summed E-state index contributed by atoms with van der Waals surface area (Å²) in [6.07, 6.45) is 20.1. The minimum Gasteiger partial charge on any atom is -0.198 e. The van der Waals surface area contributed by atoms with Crippen LogP contribution in [0.15, 0.2) is 12.2 Å². The van der Waals surface area contributed by atoms with E-state index in [0.717, 1.165) is 43.4 Å². The SMILES string of the molecule is C/C=C/CC[C@]1(C#N)CC[C@@H](C2CCC(CCC)CC2)CC1. The van der Waals surface area contributed by atoms with Crippen LogP contribution < -0.4 is 0 Å². The van der Waals surface area contributed by atoms with E-state index in [1.165, 1.54) is 51.4 Å². The van der Waals surface area contributed by atoms with Crippen molar-refractivity contribution in [3.05, 3.63) is 12.2 Å². The predicted molar refractivity (Wildman–Crippen MR) is 94.4 cm³/mol. The first-order chi connectivity index (χ1) is 10.7. The number of allylic oxidation sites excluding steroid dienone is 2. The second-order valence-corrected chi connectivity index (χ2v) is 7.91. The highest BCUT2D eigenvalue weighted by Gasteiger charge is 2.38. The van der Waals surface area contributed by atoms with Gasteiger partial charge in [-0.25, -0.2) is 0 Å². The summed E-state index contributed by atoms with van der Waals surface area (Å²) < 4.78 is 0. The number of nitriles is 1. The van der Waals surface area contributed by atoms with Crippen LogP contribution in [-0.4, -0.2) is 0 Å². The lowest BCUT2D eigenvalue weighted by Gasteiger charge is -2.40. The van der Waals surface area contributed by atoms with E-state index in [1.54, 1.807) is 0 Å². The summed E-state index contributed by atoms with van der Waals surface area (Å²) in [6.45, 7) is 4.40. The van der Waals surface area contributed by atoms with Gasteiger partial charge in [-0.05, 0) is 76.0 Å². The Balaban J connectivity index is 1.78. The molecule has 2 aliphatic rings. The molecule has 0 aromatic rings. The van der Waals surface area contributed by atoms with E-state index < -0.39 is 0 Å². The van der Waals surface area contributed by atoms with Gasteiger partial charge in [0.15, 0.2) is 0 Å². The molecule has 0 aromatic carbocycles. The van der Waals surface area contributed by atoms with E-state index in [4.69, 9.17) is 0 Å². The molecule has 0 N–H and O–H groups in total. The second kappa shape index (κ2) is 8.76. The topological polar surface area (TPSA) is 23.8 Å². The van der Waals surface area contributed by atoms with E-state index in [-0.39, 0.29) is 5.41 Å². The van der Waals surface area contributed by atoms with Crippen molar-refractivity contribution < 1.29 is 0 Å². The maximum Gasteiger partial charge on any atom is 0.0689 e. The van der Waals surface area contributed by atoms with E-state index in [2.05, 4.69) is 32.1 Å². The normalized spacial score (nSPS) is 36.3. The maximum atomic E-state index is 9.66. The van der Waals surface area contributed by atoms with Crippen LogP contribution in [0, 0.1) is 34.5 Å². The molecule has 0 bridgehead atoms. The Labute approximate surface area is 138 Å². The minimum absolute atomic E-state index is 0.00454. The molecule has 0 saturated heterocycles. The molecule has 1 nitrogen and oxygen atoms in total. The Bertz CT molecular complexity index is 373. The van der Waals surface area contributed by atoms with Gasteiger partial charge in [-0.2, -0.15) is 5.26 Å². The average molecular weight is 302 g/mol. The Kier molecular flexibility index (Phi) is 7.00. The van der Waals surface area contributed by atoms with Gasteiger partial charge in [0.2, 0.25) is 0 Å². The summed E-state index contributed by atoms with van der Waals surface area (Å²) >= 11 is 0. The first kappa shape index (κ1) is 17.6. The van der Waals surface area contributed by atoms with Gasteiger partial charge in [-0.3, -0.25) is 0 Å². The first-order valence-electron chi connectivity index (χ1n) is 9.75. The van der Waals surface area contributed by atoms with Crippen molar-refractivity contribution in [2.75, 3.05) is 0 Å². The maximum absolute atomic E-state index is 9.66. The third kappa shape index (κ3) is 4.61. The molecule has 0 atom stereocenters. The van der Waals surface area contributed by atoms with Crippen molar-refractivity contribution in [2.24, 2.45) is 23.2 Å². The molecule has 0 unspecified atom stereocenters. The lowest BCUT2D eigenvalue weighted by molar-refractivity contribution is 0.117. The monoisotopic (exact) mass is 301 g/mol. The first-order valence-corrected chi connectivity index (χ1v) is 9.75. The molecule has 22 heavy (non-hydrogen) atoms. The largest absolute Gasteiger partial charge is 0.198 e. The minimum atomic E-state index is -0.00454. The zero-order valence-corrected chi connectivity index (χ0v) is 14.8. The standard InChI is InChI=1S/C21H35N/c1-3-5-6-14-21(17-22)15-12-20(13-16-21)19-10-8-18(7-4-2)9-11-19/h3,5,18-20H,4,6-16H2,1-2H3/b5-3+/t18?,19?,20-,21+. The van der Waals surface area contributed by atoms with Gasteiger partial charge in [0.1, 0.15) is 0 Å². The molecule has 2 aliphatic carbocycles. The number of nitrogens with zero attached hydrogens (tertiary/aromatic N) is 1. The Hall–Kier alpha value is -0.770. The molecule has 0 spiro atoms. The quantitative estimate of drug-likeness (QED) is 0.504. The Morgan fingerprint density at radius 1 is 1.05 bits per heavy atom. The zero-order valence-electron chi connectivity index (χ0n) is 14.8. The van der Waals surface area contributed by atoms with Crippen molar-refractivity contribution in [3.8, 4) is 6.07 Å². The lowest BCUT2D eigenvalue weighted by atomic mass is 9.63. The number of hydrogen-bond donors (Lipinski definition) is 0. The molecule has 0 amide bonds. The van der Waals surface area contributed by atoms with E-state index in [0.29, 0.717) is 0 Å². The van der Waals surface area contributed by atoms with Crippen LogP contribution in [0.25, 0.3) is 0 Å². The molecule has 2 fully saturated rings. The van der Waals surface area contributed by atoms with Crippen molar-refractivity contribution in [1.29, 1.82) is 5.26 Å². The van der Waals surface area contributed by atoms with Crippen molar-refractivity contribution in [2.45, 2.75) is 90.9 Å². The highest BCUT2D eigenvalue weighted by Crippen LogP contribution is 2.47. The van der Waals surface area contributed by atoms with E-state index >= 15 is 0 Å².